The van der Waals surface area contributed by atoms with E-state index < -0.39 is 16.0 Å². The van der Waals surface area contributed by atoms with Crippen molar-refractivity contribution in [1.29, 1.82) is 0 Å². The van der Waals surface area contributed by atoms with E-state index in [0.29, 0.717) is 6.54 Å². The third-order valence-corrected chi connectivity index (χ3v) is 5.56. The zero-order valence-electron chi connectivity index (χ0n) is 11.1. The van der Waals surface area contributed by atoms with Crippen molar-refractivity contribution in [3.63, 3.8) is 0 Å². The van der Waals surface area contributed by atoms with Crippen molar-refractivity contribution in [1.82, 2.24) is 14.3 Å². The van der Waals surface area contributed by atoms with Gasteiger partial charge in [-0.15, -0.1) is 0 Å². The quantitative estimate of drug-likeness (QED) is 0.797. The molecule has 1 unspecified atom stereocenters. The lowest BCUT2D eigenvalue weighted by molar-refractivity contribution is 0.0691. The predicted molar refractivity (Wildman–Crippen MR) is 74.4 cm³/mol. The maximum Gasteiger partial charge on any atom is 0.352 e. The van der Waals surface area contributed by atoms with Crippen LogP contribution in [0.15, 0.2) is 35.5 Å². The van der Waals surface area contributed by atoms with Gasteiger partial charge in [0.05, 0.1) is 6.04 Å². The number of carboxylic acids is 1. The largest absolute Gasteiger partial charge is 0.477 e. The molecule has 0 bridgehead atoms. The van der Waals surface area contributed by atoms with Crippen LogP contribution in [0.1, 0.15) is 35.1 Å². The van der Waals surface area contributed by atoms with Gasteiger partial charge in [0.25, 0.3) is 0 Å². The zero-order valence-corrected chi connectivity index (χ0v) is 11.9. The smallest absolute Gasteiger partial charge is 0.352 e. The Hall–Kier alpha value is -2.06. The average Bonchev–Trinajstić information content (AvgIpc) is 3.19. The molecule has 21 heavy (non-hydrogen) atoms. The second kappa shape index (κ2) is 5.05. The second-order valence-corrected chi connectivity index (χ2v) is 6.84. The molecule has 2 aromatic heterocycles. The number of hydrogen-bond acceptors (Lipinski definition) is 3. The van der Waals surface area contributed by atoms with Gasteiger partial charge in [0, 0.05) is 24.6 Å². The highest BCUT2D eigenvalue weighted by Gasteiger charge is 2.37. The minimum atomic E-state index is -3.71. The number of hydrogen-bond donors (Lipinski definition) is 3. The molecule has 0 aromatic carbocycles. The van der Waals surface area contributed by atoms with E-state index in [1.807, 2.05) is 12.1 Å². The summed E-state index contributed by atoms with van der Waals surface area (Å²) in [6.45, 7) is 0.430. The van der Waals surface area contributed by atoms with Crippen LogP contribution >= 0.6 is 0 Å². The van der Waals surface area contributed by atoms with Crippen LogP contribution in [0.3, 0.4) is 0 Å². The fourth-order valence-electron chi connectivity index (χ4n) is 2.67. The third-order valence-electron chi connectivity index (χ3n) is 3.68. The number of sulfonamides is 1. The van der Waals surface area contributed by atoms with Gasteiger partial charge in [-0.3, -0.25) is 0 Å². The summed E-state index contributed by atoms with van der Waals surface area (Å²) in [6, 6.07) is 4.62. The highest BCUT2D eigenvalue weighted by Crippen LogP contribution is 2.35. The lowest BCUT2D eigenvalue weighted by Gasteiger charge is -2.22. The van der Waals surface area contributed by atoms with Gasteiger partial charge < -0.3 is 15.1 Å². The number of carbonyl (C=O) groups is 1. The highest BCUT2D eigenvalue weighted by atomic mass is 32.2. The molecule has 1 saturated heterocycles. The Morgan fingerprint density at radius 2 is 2.19 bits per heavy atom. The van der Waals surface area contributed by atoms with Crippen molar-refractivity contribution < 1.29 is 18.3 Å². The van der Waals surface area contributed by atoms with Crippen LogP contribution in [0, 0.1) is 0 Å². The molecule has 8 heteroatoms. The number of aromatic nitrogens is 2. The molecule has 0 spiro atoms. The van der Waals surface area contributed by atoms with Gasteiger partial charge in [0.2, 0.25) is 10.0 Å². The van der Waals surface area contributed by atoms with Gasteiger partial charge in [-0.2, -0.15) is 4.31 Å². The molecule has 7 nitrogen and oxygen atoms in total. The van der Waals surface area contributed by atoms with Crippen LogP contribution in [-0.4, -0.2) is 40.3 Å². The summed E-state index contributed by atoms with van der Waals surface area (Å²) < 4.78 is 26.8. The summed E-state index contributed by atoms with van der Waals surface area (Å²) in [5, 5.41) is 8.89. The van der Waals surface area contributed by atoms with E-state index in [4.69, 9.17) is 5.11 Å². The monoisotopic (exact) mass is 309 g/mol. The molecule has 0 amide bonds. The van der Waals surface area contributed by atoms with Crippen LogP contribution in [0.2, 0.25) is 0 Å². The number of nitrogens with one attached hydrogen (secondary N) is 2. The molecule has 0 aliphatic carbocycles. The molecule has 1 fully saturated rings. The van der Waals surface area contributed by atoms with Gasteiger partial charge in [0.1, 0.15) is 10.6 Å². The topological polar surface area (TPSA) is 106 Å². The third kappa shape index (κ3) is 2.36. The molecule has 0 radical (unpaired) electrons. The zero-order chi connectivity index (χ0) is 15.0. The van der Waals surface area contributed by atoms with Gasteiger partial charge in [-0.1, -0.05) is 0 Å². The minimum absolute atomic E-state index is 0.0154. The molecule has 1 atom stereocenters. The first-order chi connectivity index (χ1) is 10.00. The summed E-state index contributed by atoms with van der Waals surface area (Å²) >= 11 is 0. The fourth-order valence-corrected chi connectivity index (χ4v) is 4.34. The number of carboxylic acid groups (broad SMARTS) is 1. The van der Waals surface area contributed by atoms with Crippen LogP contribution in [0.4, 0.5) is 0 Å². The van der Waals surface area contributed by atoms with Crippen LogP contribution < -0.4 is 0 Å². The van der Waals surface area contributed by atoms with Crippen molar-refractivity contribution in [3.05, 3.63) is 42.0 Å². The molecule has 1 aliphatic heterocycles. The average molecular weight is 309 g/mol. The lowest BCUT2D eigenvalue weighted by atomic mass is 10.2. The van der Waals surface area contributed by atoms with Crippen molar-refractivity contribution in [2.45, 2.75) is 23.8 Å². The Kier molecular flexibility index (Phi) is 3.34. The van der Waals surface area contributed by atoms with E-state index in [2.05, 4.69) is 9.97 Å². The summed E-state index contributed by atoms with van der Waals surface area (Å²) in [6.07, 6.45) is 4.51. The van der Waals surface area contributed by atoms with Gasteiger partial charge in [-0.25, -0.2) is 13.2 Å². The first-order valence-corrected chi connectivity index (χ1v) is 8.01. The SMILES string of the molecule is O=C(O)c1cc(S(=O)(=O)N2CCCC2c2ccc[nH]2)c[nH]1. The van der Waals surface area contributed by atoms with Gasteiger partial charge in [-0.05, 0) is 31.0 Å². The highest BCUT2D eigenvalue weighted by molar-refractivity contribution is 7.89. The Morgan fingerprint density at radius 1 is 1.38 bits per heavy atom. The Bertz CT molecular complexity index is 748. The summed E-state index contributed by atoms with van der Waals surface area (Å²) in [4.78, 5) is 16.4. The first-order valence-electron chi connectivity index (χ1n) is 6.57. The van der Waals surface area contributed by atoms with Crippen LogP contribution in [-0.2, 0) is 10.0 Å². The Balaban J connectivity index is 1.95. The molecule has 112 valence electrons. The van der Waals surface area contributed by atoms with E-state index >= 15 is 0 Å². The summed E-state index contributed by atoms with van der Waals surface area (Å²) in [5.74, 6) is -1.18. The maximum atomic E-state index is 12.7. The minimum Gasteiger partial charge on any atom is -0.477 e. The van der Waals surface area contributed by atoms with E-state index in [9.17, 15) is 13.2 Å². The normalized spacial score (nSPS) is 19.9. The Labute approximate surface area is 121 Å². The second-order valence-electron chi connectivity index (χ2n) is 4.95. The standard InChI is InChI=1S/C13H15N3O4S/c17-13(18)11-7-9(8-15-11)21(19,20)16-6-2-4-12(16)10-3-1-5-14-10/h1,3,5,7-8,12,14-15H,2,4,6H2,(H,17,18). The predicted octanol–water partition coefficient (Wildman–Crippen LogP) is 1.57. The molecule has 3 heterocycles. The molecule has 3 N–H and O–H groups in total. The molecular formula is C13H15N3O4S. The summed E-state index contributed by atoms with van der Waals surface area (Å²) in [7, 11) is -3.71. The van der Waals surface area contributed by atoms with Crippen LogP contribution in [0.5, 0.6) is 0 Å². The first kappa shape index (κ1) is 13.9. The van der Waals surface area contributed by atoms with Crippen molar-refractivity contribution in [3.8, 4) is 0 Å². The van der Waals surface area contributed by atoms with E-state index in [0.717, 1.165) is 24.6 Å². The van der Waals surface area contributed by atoms with Gasteiger partial charge >= 0.3 is 5.97 Å². The Morgan fingerprint density at radius 3 is 2.81 bits per heavy atom. The fraction of sp³-hybridized carbons (Fsp3) is 0.308. The molecular weight excluding hydrogens is 294 g/mol. The van der Waals surface area contributed by atoms with Crippen molar-refractivity contribution in [2.75, 3.05) is 6.54 Å². The number of H-pyrrole nitrogens is 2. The van der Waals surface area contributed by atoms with Gasteiger partial charge in [0.15, 0.2) is 0 Å². The number of rotatable bonds is 4. The van der Waals surface area contributed by atoms with Crippen molar-refractivity contribution >= 4 is 16.0 Å². The number of nitrogens with zero attached hydrogens (tertiary/aromatic N) is 1. The van der Waals surface area contributed by atoms with E-state index in [-0.39, 0.29) is 16.6 Å². The van der Waals surface area contributed by atoms with Crippen molar-refractivity contribution in [2.24, 2.45) is 0 Å². The number of aromatic carboxylic acids is 1. The number of aromatic amines is 2. The lowest BCUT2D eigenvalue weighted by Crippen LogP contribution is -2.30. The molecule has 3 rings (SSSR count). The van der Waals surface area contributed by atoms with Crippen LogP contribution in [0.25, 0.3) is 0 Å². The van der Waals surface area contributed by atoms with E-state index in [1.165, 1.54) is 10.5 Å². The summed E-state index contributed by atoms with van der Waals surface area (Å²) in [5.41, 5.74) is 0.717. The maximum absolute atomic E-state index is 12.7. The molecule has 2 aromatic rings. The van der Waals surface area contributed by atoms with E-state index in [1.54, 1.807) is 6.20 Å². The molecule has 1 aliphatic rings. The molecule has 0 saturated carbocycles.